The van der Waals surface area contributed by atoms with Crippen LogP contribution in [0.1, 0.15) is 44.9 Å². The number of piperidine rings is 2. The number of unbranched alkanes of at least 4 members (excludes halogenated alkanes) is 2. The summed E-state index contributed by atoms with van der Waals surface area (Å²) in [4.78, 5) is 12.3. The average Bonchev–Trinajstić information content (AvgIpc) is 2.80. The van der Waals surface area contributed by atoms with E-state index in [1.54, 1.807) is 11.8 Å². The van der Waals surface area contributed by atoms with E-state index in [-0.39, 0.29) is 0 Å². The normalized spacial score (nSPS) is 20.5. The number of hydrogen-bond donors (Lipinski definition) is 1. The van der Waals surface area contributed by atoms with E-state index in [2.05, 4.69) is 33.3 Å². The molecule has 0 amide bonds. The second kappa shape index (κ2) is 9.70. The zero-order valence-corrected chi connectivity index (χ0v) is 19.9. The van der Waals surface area contributed by atoms with E-state index in [0.29, 0.717) is 5.41 Å². The molecule has 0 atom stereocenters. The van der Waals surface area contributed by atoms with Gasteiger partial charge in [-0.2, -0.15) is 0 Å². The maximum atomic E-state index is 6.33. The van der Waals surface area contributed by atoms with Crippen molar-refractivity contribution < 1.29 is 0 Å². The van der Waals surface area contributed by atoms with Crippen molar-refractivity contribution in [1.29, 1.82) is 0 Å². The summed E-state index contributed by atoms with van der Waals surface area (Å²) in [6.45, 7) is 7.29. The Balaban J connectivity index is 1.12. The van der Waals surface area contributed by atoms with Crippen LogP contribution in [0.15, 0.2) is 46.3 Å². The van der Waals surface area contributed by atoms with Gasteiger partial charge in [-0.05, 0) is 107 Å². The highest BCUT2D eigenvalue weighted by Gasteiger charge is 2.35. The second-order valence-corrected chi connectivity index (χ2v) is 10.9. The van der Waals surface area contributed by atoms with Crippen molar-refractivity contribution in [2.45, 2.75) is 54.7 Å². The first-order valence-corrected chi connectivity index (χ1v) is 13.1. The fourth-order valence-electron chi connectivity index (χ4n) is 5.40. The topological polar surface area (TPSA) is 31.4 Å². The standard InChI is InChI=1S/C25H33ClN4S/c26-20-6-7-22-21(19-20)30(24-23(31-22)5-4-12-28-24)16-3-1-2-15-29-17-10-25(11-18-29)8-13-27-14-9-25/h4-7,12,19,27H,1-3,8-11,13-18H2. The number of rotatable bonds is 6. The zero-order chi connectivity index (χ0) is 21.1. The van der Waals surface area contributed by atoms with Gasteiger partial charge in [0.25, 0.3) is 0 Å². The smallest absolute Gasteiger partial charge is 0.147 e. The van der Waals surface area contributed by atoms with Gasteiger partial charge in [0.2, 0.25) is 0 Å². The maximum absolute atomic E-state index is 6.33. The molecule has 1 spiro atoms. The highest BCUT2D eigenvalue weighted by molar-refractivity contribution is 7.99. The Morgan fingerprint density at radius 3 is 2.61 bits per heavy atom. The van der Waals surface area contributed by atoms with Crippen molar-refractivity contribution in [2.24, 2.45) is 5.41 Å². The Labute approximate surface area is 195 Å². The van der Waals surface area contributed by atoms with Crippen LogP contribution in [0.25, 0.3) is 0 Å². The summed E-state index contributed by atoms with van der Waals surface area (Å²) in [6.07, 6.45) is 11.2. The van der Waals surface area contributed by atoms with Gasteiger partial charge in [-0.15, -0.1) is 0 Å². The first-order chi connectivity index (χ1) is 15.2. The molecule has 0 unspecified atom stereocenters. The molecule has 0 saturated carbocycles. The number of halogens is 1. The van der Waals surface area contributed by atoms with Gasteiger partial charge >= 0.3 is 0 Å². The molecule has 3 aliphatic rings. The lowest BCUT2D eigenvalue weighted by atomic mass is 9.71. The van der Waals surface area contributed by atoms with Crippen molar-refractivity contribution in [3.8, 4) is 0 Å². The molecule has 6 heteroatoms. The molecule has 0 bridgehead atoms. The minimum atomic E-state index is 0.656. The van der Waals surface area contributed by atoms with Gasteiger partial charge in [0, 0.05) is 22.7 Å². The lowest BCUT2D eigenvalue weighted by Crippen LogP contribution is -2.45. The van der Waals surface area contributed by atoms with Crippen LogP contribution in [0.3, 0.4) is 0 Å². The van der Waals surface area contributed by atoms with E-state index in [1.807, 2.05) is 18.3 Å². The summed E-state index contributed by atoms with van der Waals surface area (Å²) in [5.74, 6) is 1.07. The Kier molecular flexibility index (Phi) is 6.75. The van der Waals surface area contributed by atoms with Gasteiger partial charge in [-0.1, -0.05) is 29.8 Å². The zero-order valence-electron chi connectivity index (χ0n) is 18.3. The molecule has 0 radical (unpaired) electrons. The third kappa shape index (κ3) is 4.90. The van der Waals surface area contributed by atoms with Gasteiger partial charge in [0.15, 0.2) is 0 Å². The predicted molar refractivity (Wildman–Crippen MR) is 131 cm³/mol. The first kappa shape index (κ1) is 21.6. The predicted octanol–water partition coefficient (Wildman–Crippen LogP) is 5.97. The van der Waals surface area contributed by atoms with Crippen LogP contribution in [0.4, 0.5) is 11.5 Å². The summed E-state index contributed by atoms with van der Waals surface area (Å²) in [6, 6.07) is 10.4. The number of nitrogens with zero attached hydrogens (tertiary/aromatic N) is 3. The van der Waals surface area contributed by atoms with Crippen LogP contribution in [-0.4, -0.2) is 49.2 Å². The molecule has 0 aliphatic carbocycles. The second-order valence-electron chi connectivity index (χ2n) is 9.34. The van der Waals surface area contributed by atoms with Crippen LogP contribution < -0.4 is 10.2 Å². The van der Waals surface area contributed by atoms with Gasteiger partial charge in [0.1, 0.15) is 5.82 Å². The van der Waals surface area contributed by atoms with Crippen LogP contribution in [0.5, 0.6) is 0 Å². The highest BCUT2D eigenvalue weighted by Crippen LogP contribution is 2.47. The summed E-state index contributed by atoms with van der Waals surface area (Å²) < 4.78 is 0. The Bertz CT molecular complexity index is 889. The molecule has 31 heavy (non-hydrogen) atoms. The van der Waals surface area contributed by atoms with E-state index in [4.69, 9.17) is 16.6 Å². The lowest BCUT2D eigenvalue weighted by molar-refractivity contribution is 0.0731. The van der Waals surface area contributed by atoms with Crippen molar-refractivity contribution >= 4 is 34.9 Å². The molecule has 1 aromatic heterocycles. The number of likely N-dealkylation sites (tertiary alicyclic amines) is 1. The van der Waals surface area contributed by atoms with Crippen molar-refractivity contribution in [2.75, 3.05) is 44.2 Å². The molecule has 2 saturated heterocycles. The Morgan fingerprint density at radius 2 is 1.77 bits per heavy atom. The molecular weight excluding hydrogens is 424 g/mol. The maximum Gasteiger partial charge on any atom is 0.147 e. The van der Waals surface area contributed by atoms with Crippen molar-refractivity contribution in [1.82, 2.24) is 15.2 Å². The Hall–Kier alpha value is -1.27. The van der Waals surface area contributed by atoms with Gasteiger partial charge in [-0.25, -0.2) is 4.98 Å². The fraction of sp³-hybridized carbons (Fsp3) is 0.560. The number of aromatic nitrogens is 1. The number of benzene rings is 1. The number of fused-ring (bicyclic) bond motifs is 2. The molecule has 5 rings (SSSR count). The summed E-state index contributed by atoms with van der Waals surface area (Å²) in [5.41, 5.74) is 1.86. The molecule has 4 nitrogen and oxygen atoms in total. The molecule has 4 heterocycles. The van der Waals surface area contributed by atoms with Crippen LogP contribution in [-0.2, 0) is 0 Å². The third-order valence-corrected chi connectivity index (χ3v) is 8.71. The Morgan fingerprint density at radius 1 is 0.968 bits per heavy atom. The molecule has 2 fully saturated rings. The minimum absolute atomic E-state index is 0.656. The summed E-state index contributed by atoms with van der Waals surface area (Å²) in [7, 11) is 0. The van der Waals surface area contributed by atoms with E-state index in [0.717, 1.165) is 17.4 Å². The summed E-state index contributed by atoms with van der Waals surface area (Å²) >= 11 is 8.12. The fourth-order valence-corrected chi connectivity index (χ4v) is 6.62. The van der Waals surface area contributed by atoms with E-state index < -0.39 is 0 Å². The quantitative estimate of drug-likeness (QED) is 0.541. The van der Waals surface area contributed by atoms with Crippen molar-refractivity contribution in [3.05, 3.63) is 41.6 Å². The third-order valence-electron chi connectivity index (χ3n) is 7.38. The molecule has 2 aromatic rings. The van der Waals surface area contributed by atoms with Crippen LogP contribution in [0, 0.1) is 5.41 Å². The SMILES string of the molecule is Clc1ccc2c(c1)N(CCCCCN1CCC3(CCNCC3)CC1)c1ncccc1S2. The van der Waals surface area contributed by atoms with E-state index >= 15 is 0 Å². The largest absolute Gasteiger partial charge is 0.324 e. The number of nitrogens with one attached hydrogen (secondary N) is 1. The number of anilines is 2. The molecule has 1 N–H and O–H groups in total. The van der Waals surface area contributed by atoms with Crippen LogP contribution in [0.2, 0.25) is 5.02 Å². The monoisotopic (exact) mass is 456 g/mol. The molecule has 1 aromatic carbocycles. The van der Waals surface area contributed by atoms with E-state index in [9.17, 15) is 0 Å². The lowest BCUT2D eigenvalue weighted by Gasteiger charge is -2.44. The van der Waals surface area contributed by atoms with Crippen LogP contribution >= 0.6 is 23.4 Å². The first-order valence-electron chi connectivity index (χ1n) is 11.9. The minimum Gasteiger partial charge on any atom is -0.324 e. The molecule has 166 valence electrons. The number of hydrogen-bond acceptors (Lipinski definition) is 5. The summed E-state index contributed by atoms with van der Waals surface area (Å²) in [5, 5.41) is 4.32. The van der Waals surface area contributed by atoms with Gasteiger partial charge in [0.05, 0.1) is 10.6 Å². The average molecular weight is 457 g/mol. The molecular formula is C25H33ClN4S. The highest BCUT2D eigenvalue weighted by atomic mass is 35.5. The number of pyridine rings is 1. The van der Waals surface area contributed by atoms with Gasteiger partial charge < -0.3 is 15.1 Å². The van der Waals surface area contributed by atoms with E-state index in [1.165, 1.54) is 93.1 Å². The molecule has 3 aliphatic heterocycles. The van der Waals surface area contributed by atoms with Crippen molar-refractivity contribution in [3.63, 3.8) is 0 Å². The van der Waals surface area contributed by atoms with Gasteiger partial charge in [-0.3, -0.25) is 0 Å².